The molecule has 5 rings (SSSR count). The Balaban J connectivity index is 1.80. The predicted molar refractivity (Wildman–Crippen MR) is 196 cm³/mol. The highest BCUT2D eigenvalue weighted by Crippen LogP contribution is 2.39. The molecule has 4 aromatic rings. The summed E-state index contributed by atoms with van der Waals surface area (Å²) < 4.78 is 47.3. The Bertz CT molecular complexity index is 1670. The molecule has 1 aliphatic rings. The minimum atomic E-state index is 0.332. The molecule has 0 saturated carbocycles. The monoisotopic (exact) mass is 706 g/mol. The molecule has 0 N–H and O–H groups in total. The van der Waals surface area contributed by atoms with Gasteiger partial charge in [-0.25, -0.2) is 0 Å². The highest BCUT2D eigenvalue weighted by atomic mass is 16.5. The average molecular weight is 707 g/mol. The molecule has 0 unspecified atom stereocenters. The highest BCUT2D eigenvalue weighted by Gasteiger charge is 2.23. The molecular formula is C42H46N2O8. The van der Waals surface area contributed by atoms with Gasteiger partial charge in [0.2, 0.25) is 0 Å². The number of hydrogen-bond acceptors (Lipinski definition) is 10. The van der Waals surface area contributed by atoms with Crippen LogP contribution >= 0.6 is 0 Å². The SMILES string of the molecule is COCCOc1c2cccc1Cc1cc(C#N)cc(c1OCCOC)Cc1cccc(c1OCCOC)Cc1cc(C#N)cc(c1OCCOC)C2. The summed E-state index contributed by atoms with van der Waals surface area (Å²) in [4.78, 5) is 0. The first-order valence-electron chi connectivity index (χ1n) is 17.3. The van der Waals surface area contributed by atoms with E-state index >= 15 is 0 Å². The van der Waals surface area contributed by atoms with E-state index in [0.29, 0.717) is 113 Å². The summed E-state index contributed by atoms with van der Waals surface area (Å²) in [5.74, 6) is 2.82. The van der Waals surface area contributed by atoms with E-state index in [1.54, 1.807) is 28.4 Å². The number of hydrogen-bond donors (Lipinski definition) is 0. The molecule has 52 heavy (non-hydrogen) atoms. The van der Waals surface area contributed by atoms with E-state index < -0.39 is 0 Å². The zero-order valence-corrected chi connectivity index (χ0v) is 30.4. The lowest BCUT2D eigenvalue weighted by atomic mass is 9.90. The number of para-hydroxylation sites is 2. The lowest BCUT2D eigenvalue weighted by molar-refractivity contribution is 0.144. The fourth-order valence-electron chi connectivity index (χ4n) is 6.47. The average Bonchev–Trinajstić information content (AvgIpc) is 3.15. The number of benzene rings is 4. The van der Waals surface area contributed by atoms with E-state index in [1.165, 1.54) is 0 Å². The predicted octanol–water partition coefficient (Wildman–Crippen LogP) is 6.21. The van der Waals surface area contributed by atoms with Gasteiger partial charge in [0.1, 0.15) is 49.4 Å². The number of methoxy groups -OCH3 is 4. The summed E-state index contributed by atoms with van der Waals surface area (Å²) in [5, 5.41) is 20.4. The molecule has 4 aromatic carbocycles. The van der Waals surface area contributed by atoms with Crippen LogP contribution in [0.5, 0.6) is 23.0 Å². The van der Waals surface area contributed by atoms with Gasteiger partial charge in [-0.2, -0.15) is 10.5 Å². The summed E-state index contributed by atoms with van der Waals surface area (Å²) >= 11 is 0. The molecule has 272 valence electrons. The molecule has 0 fully saturated rings. The molecule has 0 atom stereocenters. The number of nitrogens with zero attached hydrogens (tertiary/aromatic N) is 2. The number of rotatable bonds is 16. The topological polar surface area (TPSA) is 121 Å². The number of fused-ring (bicyclic) bond motifs is 8. The fourth-order valence-corrected chi connectivity index (χ4v) is 6.47. The Morgan fingerprint density at radius 3 is 0.885 bits per heavy atom. The van der Waals surface area contributed by atoms with Crippen molar-refractivity contribution in [2.45, 2.75) is 25.7 Å². The van der Waals surface area contributed by atoms with Crippen LogP contribution in [0.1, 0.15) is 55.6 Å². The van der Waals surface area contributed by atoms with Crippen LogP contribution in [-0.4, -0.2) is 81.3 Å². The second-order valence-electron chi connectivity index (χ2n) is 12.4. The van der Waals surface area contributed by atoms with Crippen LogP contribution in [0.15, 0.2) is 60.7 Å². The van der Waals surface area contributed by atoms with Crippen molar-refractivity contribution in [3.8, 4) is 35.1 Å². The Hall–Kier alpha value is -5.10. The zero-order chi connectivity index (χ0) is 36.7. The maximum absolute atomic E-state index is 10.2. The Morgan fingerprint density at radius 2 is 0.654 bits per heavy atom. The van der Waals surface area contributed by atoms with Gasteiger partial charge in [-0.1, -0.05) is 36.4 Å². The molecule has 0 aromatic heterocycles. The first-order chi connectivity index (χ1) is 25.5. The molecule has 0 amide bonds. The third-order valence-electron chi connectivity index (χ3n) is 8.76. The van der Waals surface area contributed by atoms with Gasteiger partial charge < -0.3 is 37.9 Å². The van der Waals surface area contributed by atoms with Crippen molar-refractivity contribution in [3.05, 3.63) is 116 Å². The summed E-state index contributed by atoms with van der Waals surface area (Å²) in [6, 6.07) is 24.4. The van der Waals surface area contributed by atoms with E-state index in [1.807, 2.05) is 60.7 Å². The van der Waals surface area contributed by atoms with Crippen LogP contribution in [0.4, 0.5) is 0 Å². The smallest absolute Gasteiger partial charge is 0.126 e. The Labute approximate surface area is 306 Å². The lowest BCUT2D eigenvalue weighted by Crippen LogP contribution is -2.13. The first-order valence-corrected chi connectivity index (χ1v) is 17.3. The van der Waals surface area contributed by atoms with Crippen LogP contribution in [-0.2, 0) is 44.6 Å². The van der Waals surface area contributed by atoms with Gasteiger partial charge in [-0.05, 0) is 46.5 Å². The van der Waals surface area contributed by atoms with E-state index in [9.17, 15) is 10.5 Å². The molecule has 0 spiro atoms. The van der Waals surface area contributed by atoms with Crippen molar-refractivity contribution in [2.75, 3.05) is 81.3 Å². The molecule has 0 aliphatic heterocycles. The molecule has 0 radical (unpaired) electrons. The van der Waals surface area contributed by atoms with Crippen molar-refractivity contribution < 1.29 is 37.9 Å². The molecule has 0 heterocycles. The molecule has 8 bridgehead atoms. The molecular weight excluding hydrogens is 660 g/mol. The summed E-state index contributed by atoms with van der Waals surface area (Å²) in [7, 11) is 6.56. The second kappa shape index (κ2) is 19.5. The van der Waals surface area contributed by atoms with Gasteiger partial charge in [0.25, 0.3) is 0 Å². The molecule has 10 heteroatoms. The maximum Gasteiger partial charge on any atom is 0.126 e. The first kappa shape index (κ1) is 38.1. The van der Waals surface area contributed by atoms with E-state index in [2.05, 4.69) is 12.1 Å². The second-order valence-corrected chi connectivity index (χ2v) is 12.4. The van der Waals surface area contributed by atoms with Gasteiger partial charge >= 0.3 is 0 Å². The summed E-state index contributed by atoms with van der Waals surface area (Å²) in [6.07, 6.45) is 1.72. The Kier molecular flexibility index (Phi) is 14.3. The molecule has 10 nitrogen and oxygen atoms in total. The third kappa shape index (κ3) is 9.61. The van der Waals surface area contributed by atoms with Crippen LogP contribution in [0.25, 0.3) is 0 Å². The van der Waals surface area contributed by atoms with Crippen LogP contribution in [0.2, 0.25) is 0 Å². The fraction of sp³-hybridized carbons (Fsp3) is 0.381. The number of nitriles is 2. The summed E-state index contributed by atoms with van der Waals surface area (Å²) in [6.45, 7) is 2.94. The van der Waals surface area contributed by atoms with Gasteiger partial charge in [-0.15, -0.1) is 0 Å². The van der Waals surface area contributed by atoms with Crippen molar-refractivity contribution in [1.29, 1.82) is 10.5 Å². The zero-order valence-electron chi connectivity index (χ0n) is 30.4. The largest absolute Gasteiger partial charge is 0.491 e. The van der Waals surface area contributed by atoms with Crippen molar-refractivity contribution >= 4 is 0 Å². The summed E-state index contributed by atoms with van der Waals surface area (Å²) in [5.41, 5.74) is 8.12. The van der Waals surface area contributed by atoms with Crippen LogP contribution in [0, 0.1) is 22.7 Å². The third-order valence-corrected chi connectivity index (χ3v) is 8.76. The quantitative estimate of drug-likeness (QED) is 0.110. The van der Waals surface area contributed by atoms with Gasteiger partial charge in [0.05, 0.1) is 49.7 Å². The van der Waals surface area contributed by atoms with Gasteiger partial charge in [0, 0.05) is 76.4 Å². The molecule has 0 saturated heterocycles. The van der Waals surface area contributed by atoms with Crippen molar-refractivity contribution in [1.82, 2.24) is 0 Å². The minimum absolute atomic E-state index is 0.332. The molecule has 1 aliphatic carbocycles. The van der Waals surface area contributed by atoms with Gasteiger partial charge in [0.15, 0.2) is 0 Å². The van der Waals surface area contributed by atoms with Crippen LogP contribution in [0.3, 0.4) is 0 Å². The highest BCUT2D eigenvalue weighted by molar-refractivity contribution is 5.58. The van der Waals surface area contributed by atoms with Crippen molar-refractivity contribution in [3.63, 3.8) is 0 Å². The number of ether oxygens (including phenoxy) is 8. The Morgan fingerprint density at radius 1 is 0.404 bits per heavy atom. The van der Waals surface area contributed by atoms with Crippen molar-refractivity contribution in [2.24, 2.45) is 0 Å². The van der Waals surface area contributed by atoms with Gasteiger partial charge in [-0.3, -0.25) is 0 Å². The van der Waals surface area contributed by atoms with E-state index in [4.69, 9.17) is 37.9 Å². The van der Waals surface area contributed by atoms with E-state index in [0.717, 1.165) is 44.5 Å². The van der Waals surface area contributed by atoms with Crippen LogP contribution < -0.4 is 18.9 Å². The standard InChI is InChI=1S/C42H46N2O8/c1-45-11-15-49-39-31-7-5-8-32(39)24-36-20-30(28-44)22-38(42(36)52-18-14-48-4)26-34-10-6-9-33(40(34)50-16-12-46-2)25-37-21-29(27-43)19-35(23-31)41(37)51-17-13-47-3/h5-10,19-22H,11-18,23-26H2,1-4H3. The maximum atomic E-state index is 10.2. The minimum Gasteiger partial charge on any atom is -0.491 e. The normalized spacial score (nSPS) is 12.0. The lowest BCUT2D eigenvalue weighted by Gasteiger charge is -2.23. The van der Waals surface area contributed by atoms with E-state index in [-0.39, 0.29) is 0 Å².